The predicted octanol–water partition coefficient (Wildman–Crippen LogP) is 3.45. The molecule has 0 aromatic carbocycles. The topological polar surface area (TPSA) is 100 Å². The molecule has 26 heavy (non-hydrogen) atoms. The first-order chi connectivity index (χ1) is 12.5. The number of hydrogen-bond donors (Lipinski definition) is 2. The summed E-state index contributed by atoms with van der Waals surface area (Å²) in [5.74, 6) is -2.00. The summed E-state index contributed by atoms with van der Waals surface area (Å²) in [6, 6.07) is 7.28. The molecule has 0 aliphatic rings. The van der Waals surface area contributed by atoms with E-state index in [1.807, 2.05) is 12.1 Å². The van der Waals surface area contributed by atoms with Gasteiger partial charge in [0.15, 0.2) is 0 Å². The Morgan fingerprint density at radius 1 is 0.731 bits per heavy atom. The maximum atomic E-state index is 10.4. The van der Waals surface area contributed by atoms with E-state index < -0.39 is 11.9 Å². The van der Waals surface area contributed by atoms with Crippen LogP contribution in [0.5, 0.6) is 0 Å². The summed E-state index contributed by atoms with van der Waals surface area (Å²) in [7, 11) is 0. The molecule has 0 aliphatic heterocycles. The second-order valence-electron chi connectivity index (χ2n) is 5.06. The van der Waals surface area contributed by atoms with Crippen LogP contribution in [-0.2, 0) is 9.59 Å². The van der Waals surface area contributed by atoms with E-state index >= 15 is 0 Å². The minimum Gasteiger partial charge on any atom is -0.478 e. The van der Waals surface area contributed by atoms with Crippen LogP contribution in [0.25, 0.3) is 23.5 Å². The largest absolute Gasteiger partial charge is 0.478 e. The van der Waals surface area contributed by atoms with Crippen molar-refractivity contribution in [2.75, 3.05) is 0 Å². The number of aliphatic carboxylic acids is 2. The van der Waals surface area contributed by atoms with Crippen LogP contribution in [0.1, 0.15) is 11.1 Å². The van der Waals surface area contributed by atoms with Crippen LogP contribution in [0.4, 0.5) is 0 Å². The zero-order valence-electron chi connectivity index (χ0n) is 13.7. The van der Waals surface area contributed by atoms with Gasteiger partial charge in [0.1, 0.15) is 0 Å². The highest BCUT2D eigenvalue weighted by molar-refractivity contribution is 5.80. The van der Waals surface area contributed by atoms with E-state index in [0.29, 0.717) is 11.4 Å². The molecule has 0 atom stereocenters. The van der Waals surface area contributed by atoms with Crippen molar-refractivity contribution in [3.8, 4) is 11.4 Å². The third kappa shape index (κ3) is 6.37. The first-order valence-electron chi connectivity index (χ1n) is 7.62. The first-order valence-corrected chi connectivity index (χ1v) is 7.62. The lowest BCUT2D eigenvalue weighted by atomic mass is 10.1. The molecule has 0 radical (unpaired) electrons. The average molecular weight is 348 g/mol. The predicted molar refractivity (Wildman–Crippen MR) is 99.1 cm³/mol. The third-order valence-corrected chi connectivity index (χ3v) is 3.11. The summed E-state index contributed by atoms with van der Waals surface area (Å²) in [5, 5.41) is 17.1. The minimum absolute atomic E-state index is 0.672. The normalized spacial score (nSPS) is 11.8. The minimum atomic E-state index is -1.00. The number of carboxylic acids is 2. The van der Waals surface area contributed by atoms with E-state index in [1.165, 1.54) is 12.2 Å². The first kappa shape index (κ1) is 18.5. The number of allylic oxidation sites excluding steroid dienone is 4. The Morgan fingerprint density at radius 3 is 1.54 bits per heavy atom. The Kier molecular flexibility index (Phi) is 6.76. The summed E-state index contributed by atoms with van der Waals surface area (Å²) in [6.45, 7) is 0. The Balaban J connectivity index is 2.18. The van der Waals surface area contributed by atoms with E-state index in [9.17, 15) is 9.59 Å². The molecule has 0 aliphatic carbocycles. The molecule has 2 N–H and O–H groups in total. The number of carboxylic acid groups (broad SMARTS) is 2. The Labute approximate surface area is 150 Å². The van der Waals surface area contributed by atoms with Crippen LogP contribution < -0.4 is 0 Å². The second-order valence-corrected chi connectivity index (χ2v) is 5.06. The van der Waals surface area contributed by atoms with Crippen molar-refractivity contribution < 1.29 is 19.8 Å². The maximum absolute atomic E-state index is 10.4. The van der Waals surface area contributed by atoms with Gasteiger partial charge in [-0.15, -0.1) is 0 Å². The van der Waals surface area contributed by atoms with E-state index in [4.69, 9.17) is 10.2 Å². The van der Waals surface area contributed by atoms with Gasteiger partial charge in [0.25, 0.3) is 0 Å². The number of nitrogens with zero attached hydrogens (tertiary/aromatic N) is 2. The third-order valence-electron chi connectivity index (χ3n) is 3.11. The van der Waals surface area contributed by atoms with Gasteiger partial charge < -0.3 is 10.2 Å². The zero-order chi connectivity index (χ0) is 18.8. The van der Waals surface area contributed by atoms with Crippen LogP contribution in [0, 0.1) is 0 Å². The number of hydrogen-bond acceptors (Lipinski definition) is 4. The monoisotopic (exact) mass is 348 g/mol. The van der Waals surface area contributed by atoms with E-state index in [2.05, 4.69) is 9.97 Å². The molecule has 0 fully saturated rings. The molecule has 0 bridgehead atoms. The SMILES string of the molecule is O=C(O)C=CC=Cc1ccnc(-c2cc(C=CC=CC(=O)O)ccn2)c1. The van der Waals surface area contributed by atoms with Crippen molar-refractivity contribution in [2.24, 2.45) is 0 Å². The number of carbonyl (C=O) groups is 2. The van der Waals surface area contributed by atoms with Crippen molar-refractivity contribution in [1.82, 2.24) is 9.97 Å². The van der Waals surface area contributed by atoms with E-state index in [1.54, 1.807) is 48.8 Å². The average Bonchev–Trinajstić information content (AvgIpc) is 2.63. The van der Waals surface area contributed by atoms with E-state index in [-0.39, 0.29) is 0 Å². The van der Waals surface area contributed by atoms with Crippen molar-refractivity contribution in [3.63, 3.8) is 0 Å². The van der Waals surface area contributed by atoms with Gasteiger partial charge in [0, 0.05) is 24.5 Å². The molecule has 0 unspecified atom stereocenters. The molecule has 2 rings (SSSR count). The van der Waals surface area contributed by atoms with Gasteiger partial charge in [0.2, 0.25) is 0 Å². The smallest absolute Gasteiger partial charge is 0.328 e. The molecule has 0 spiro atoms. The van der Waals surface area contributed by atoms with Gasteiger partial charge in [0.05, 0.1) is 11.4 Å². The lowest BCUT2D eigenvalue weighted by Crippen LogP contribution is -1.89. The fraction of sp³-hybridized carbons (Fsp3) is 0. The van der Waals surface area contributed by atoms with Gasteiger partial charge in [-0.3, -0.25) is 9.97 Å². The summed E-state index contributed by atoms with van der Waals surface area (Å²) in [4.78, 5) is 29.5. The lowest BCUT2D eigenvalue weighted by Gasteiger charge is -2.02. The zero-order valence-corrected chi connectivity index (χ0v) is 13.7. The number of pyridine rings is 2. The van der Waals surface area contributed by atoms with Crippen molar-refractivity contribution in [3.05, 3.63) is 84.2 Å². The molecule has 2 aromatic rings. The number of aromatic nitrogens is 2. The maximum Gasteiger partial charge on any atom is 0.328 e. The van der Waals surface area contributed by atoms with Crippen LogP contribution in [0.3, 0.4) is 0 Å². The molecule has 6 heteroatoms. The van der Waals surface area contributed by atoms with Crippen LogP contribution >= 0.6 is 0 Å². The lowest BCUT2D eigenvalue weighted by molar-refractivity contribution is -0.132. The Hall–Kier alpha value is -3.80. The summed E-state index contributed by atoms with van der Waals surface area (Å²) in [6.07, 6.45) is 15.1. The Bertz CT molecular complexity index is 836. The van der Waals surface area contributed by atoms with Crippen molar-refractivity contribution in [2.45, 2.75) is 0 Å². The standard InChI is InChI=1S/C20H16N2O4/c23-19(24)7-3-1-5-15-9-11-21-17(13-15)18-14-16(10-12-22-18)6-2-4-8-20(25)26/h1-14H,(H,23,24)(H,25,26). The van der Waals surface area contributed by atoms with E-state index in [0.717, 1.165) is 23.3 Å². The quantitative estimate of drug-likeness (QED) is 0.587. The van der Waals surface area contributed by atoms with Gasteiger partial charge in [-0.2, -0.15) is 0 Å². The van der Waals surface area contributed by atoms with Gasteiger partial charge in [-0.25, -0.2) is 9.59 Å². The molecule has 6 nitrogen and oxygen atoms in total. The Morgan fingerprint density at radius 2 is 1.15 bits per heavy atom. The molecule has 2 aromatic heterocycles. The molecule has 130 valence electrons. The summed E-state index contributed by atoms with van der Waals surface area (Å²) >= 11 is 0. The molecule has 0 amide bonds. The highest BCUT2D eigenvalue weighted by Gasteiger charge is 2.02. The molecular formula is C20H16N2O4. The second kappa shape index (κ2) is 9.48. The molecule has 0 saturated carbocycles. The van der Waals surface area contributed by atoms with Crippen molar-refractivity contribution in [1.29, 1.82) is 0 Å². The van der Waals surface area contributed by atoms with Gasteiger partial charge in [-0.05, 0) is 35.4 Å². The fourth-order valence-electron chi connectivity index (χ4n) is 1.99. The van der Waals surface area contributed by atoms with Gasteiger partial charge in [-0.1, -0.05) is 36.5 Å². The van der Waals surface area contributed by atoms with Crippen LogP contribution in [0.2, 0.25) is 0 Å². The van der Waals surface area contributed by atoms with Crippen LogP contribution in [0.15, 0.2) is 73.1 Å². The highest BCUT2D eigenvalue weighted by Crippen LogP contribution is 2.18. The molecule has 2 heterocycles. The highest BCUT2D eigenvalue weighted by atomic mass is 16.4. The number of rotatable bonds is 7. The van der Waals surface area contributed by atoms with Crippen LogP contribution in [-0.4, -0.2) is 32.1 Å². The molecule has 0 saturated heterocycles. The summed E-state index contributed by atoms with van der Waals surface area (Å²) in [5.41, 5.74) is 3.06. The fourth-order valence-corrected chi connectivity index (χ4v) is 1.99. The molecular weight excluding hydrogens is 332 g/mol. The van der Waals surface area contributed by atoms with Gasteiger partial charge >= 0.3 is 11.9 Å². The van der Waals surface area contributed by atoms with Crippen molar-refractivity contribution >= 4 is 24.1 Å². The summed E-state index contributed by atoms with van der Waals surface area (Å²) < 4.78 is 0.